The van der Waals surface area contributed by atoms with E-state index < -0.39 is 0 Å². The summed E-state index contributed by atoms with van der Waals surface area (Å²) >= 11 is 16.2. The van der Waals surface area contributed by atoms with Crippen LogP contribution in [0.3, 0.4) is 0 Å². The molecule has 0 bridgehead atoms. The van der Waals surface area contributed by atoms with Gasteiger partial charge in [0.05, 0.1) is 21.2 Å². The highest BCUT2D eigenvalue weighted by molar-refractivity contribution is 8.27. The van der Waals surface area contributed by atoms with Crippen LogP contribution in [0.5, 0.6) is 11.5 Å². The van der Waals surface area contributed by atoms with Crippen LogP contribution < -0.4 is 9.80 Å². The maximum absolute atomic E-state index is 13.2. The fraction of sp³-hybridized carbons (Fsp3) is 0.0500. The van der Waals surface area contributed by atoms with E-state index in [0.29, 0.717) is 39.8 Å². The van der Waals surface area contributed by atoms with Crippen molar-refractivity contribution in [2.75, 3.05) is 9.80 Å². The molecule has 0 unspecified atom stereocenters. The number of aryl methyl sites for hydroxylation is 2. The average Bonchev–Trinajstić information content (AvgIpc) is 3.97. The van der Waals surface area contributed by atoms with Crippen molar-refractivity contribution in [2.45, 2.75) is 12.8 Å². The Labute approximate surface area is 337 Å². The molecule has 4 aromatic carbocycles. The van der Waals surface area contributed by atoms with E-state index in [-0.39, 0.29) is 23.3 Å². The topological polar surface area (TPSA) is 107 Å². The van der Waals surface area contributed by atoms with Gasteiger partial charge in [0.2, 0.25) is 0 Å². The number of aromatic hydroxyl groups is 2. The van der Waals surface area contributed by atoms with Gasteiger partial charge < -0.3 is 10.2 Å². The maximum Gasteiger partial charge on any atom is 0.272 e. The molecule has 0 aliphatic carbocycles. The van der Waals surface area contributed by atoms with Crippen LogP contribution in [-0.2, 0) is 22.4 Å². The molecular weight excluding hydrogens is 793 g/mol. The number of amides is 2. The molecule has 4 heterocycles. The number of nitrogens with zero attached hydrogens (tertiary/aromatic N) is 4. The SMILES string of the molecule is O=C1/C(=C\c2ccccc2O)SC(=S)N1c1nc(-c2ccc(CCc3ccc(-c4csc(N5C(=O)/C(=C\c6ccccc6O)SC5=S)n4)cc3)cc2)cs1. The molecule has 8 nitrogen and oxygen atoms in total. The van der Waals surface area contributed by atoms with Crippen molar-refractivity contribution in [3.63, 3.8) is 0 Å². The van der Waals surface area contributed by atoms with E-state index in [9.17, 15) is 19.8 Å². The first-order valence-corrected chi connectivity index (χ1v) is 20.6. The highest BCUT2D eigenvalue weighted by Gasteiger charge is 2.36. The van der Waals surface area contributed by atoms with Gasteiger partial charge in [-0.15, -0.1) is 22.7 Å². The number of carbonyl (C=O) groups is 2. The van der Waals surface area contributed by atoms with Crippen LogP contribution in [0, 0.1) is 0 Å². The first kappa shape index (κ1) is 36.0. The van der Waals surface area contributed by atoms with Gasteiger partial charge in [0, 0.05) is 33.0 Å². The first-order valence-electron chi connectivity index (χ1n) is 16.4. The highest BCUT2D eigenvalue weighted by atomic mass is 32.2. The molecule has 2 amide bonds. The van der Waals surface area contributed by atoms with E-state index in [4.69, 9.17) is 34.4 Å². The minimum atomic E-state index is -0.259. The fourth-order valence-corrected chi connectivity index (χ4v) is 10.1. The normalized spacial score (nSPS) is 16.1. The van der Waals surface area contributed by atoms with Crippen LogP contribution in [0.1, 0.15) is 22.3 Å². The summed E-state index contributed by atoms with van der Waals surface area (Å²) in [6, 6.07) is 30.3. The minimum Gasteiger partial charge on any atom is -0.507 e. The van der Waals surface area contributed by atoms with Crippen LogP contribution in [0.15, 0.2) is 118 Å². The molecular formula is C40H26N4O4S6. The lowest BCUT2D eigenvalue weighted by Gasteiger charge is -2.10. The largest absolute Gasteiger partial charge is 0.507 e. The number of carbonyl (C=O) groups excluding carboxylic acids is 2. The van der Waals surface area contributed by atoms with Crippen molar-refractivity contribution >= 4 is 114 Å². The summed E-state index contributed by atoms with van der Waals surface area (Å²) in [5.74, 6) is -0.320. The molecule has 0 radical (unpaired) electrons. The standard InChI is InChI=1S/C40H26N4O4S6/c45-31-7-3-1-5-27(31)19-33-35(47)43(39(49)53-33)37-41-29(21-51-37)25-15-11-23(12-16-25)9-10-24-13-17-26(18-14-24)30-22-52-38(42-30)44-36(48)34(54-40(44)50)20-28-6-2-4-8-32(28)46/h1-8,11-22,45-46H,9-10H2/b33-19+,34-20+. The van der Waals surface area contributed by atoms with Gasteiger partial charge in [0.25, 0.3) is 11.8 Å². The van der Waals surface area contributed by atoms with Gasteiger partial charge in [-0.1, -0.05) is 133 Å². The predicted molar refractivity (Wildman–Crippen MR) is 230 cm³/mol. The van der Waals surface area contributed by atoms with Gasteiger partial charge in [-0.3, -0.25) is 9.59 Å². The number of para-hydroxylation sites is 2. The second kappa shape index (κ2) is 15.4. The summed E-state index contributed by atoms with van der Waals surface area (Å²) in [6.45, 7) is 0. The third kappa shape index (κ3) is 7.40. The third-order valence-electron chi connectivity index (χ3n) is 8.60. The van der Waals surface area contributed by atoms with Gasteiger partial charge in [0.15, 0.2) is 18.9 Å². The second-order valence-corrected chi connectivity index (χ2v) is 17.1. The molecule has 2 saturated heterocycles. The number of phenolic OH excluding ortho intramolecular Hbond substituents is 2. The van der Waals surface area contributed by atoms with Crippen molar-refractivity contribution in [1.82, 2.24) is 9.97 Å². The fourth-order valence-electron chi connectivity index (χ4n) is 5.74. The monoisotopic (exact) mass is 818 g/mol. The van der Waals surface area contributed by atoms with Gasteiger partial charge in [0.1, 0.15) is 11.5 Å². The van der Waals surface area contributed by atoms with Crippen LogP contribution in [-0.4, -0.2) is 40.6 Å². The number of thiocarbonyl (C=S) groups is 2. The Morgan fingerprint density at radius 2 is 0.963 bits per heavy atom. The van der Waals surface area contributed by atoms with Crippen molar-refractivity contribution < 1.29 is 19.8 Å². The minimum absolute atomic E-state index is 0.0987. The lowest BCUT2D eigenvalue weighted by atomic mass is 10.0. The lowest BCUT2D eigenvalue weighted by Crippen LogP contribution is -2.27. The van der Waals surface area contributed by atoms with Crippen molar-refractivity contribution in [1.29, 1.82) is 0 Å². The number of hydrogen-bond donors (Lipinski definition) is 2. The van der Waals surface area contributed by atoms with Crippen LogP contribution in [0.2, 0.25) is 0 Å². The molecule has 14 heteroatoms. The molecule has 2 fully saturated rings. The van der Waals surface area contributed by atoms with E-state index in [2.05, 4.69) is 24.3 Å². The number of phenols is 2. The van der Waals surface area contributed by atoms with Gasteiger partial charge in [-0.05, 0) is 48.3 Å². The molecule has 0 spiro atoms. The zero-order valence-corrected chi connectivity index (χ0v) is 32.8. The van der Waals surface area contributed by atoms with E-state index in [1.54, 1.807) is 60.7 Å². The summed E-state index contributed by atoms with van der Waals surface area (Å²) in [4.78, 5) is 39.7. The molecule has 0 saturated carbocycles. The third-order valence-corrected chi connectivity index (χ3v) is 12.9. The number of rotatable bonds is 9. The van der Waals surface area contributed by atoms with Gasteiger partial charge in [-0.25, -0.2) is 19.8 Å². The molecule has 6 aromatic rings. The zero-order chi connectivity index (χ0) is 37.3. The van der Waals surface area contributed by atoms with Crippen LogP contribution in [0.25, 0.3) is 34.7 Å². The Balaban J connectivity index is 0.878. The molecule has 2 aliphatic rings. The summed E-state index contributed by atoms with van der Waals surface area (Å²) in [5.41, 5.74) is 6.90. The van der Waals surface area contributed by atoms with Crippen molar-refractivity contribution in [2.24, 2.45) is 0 Å². The molecule has 2 aromatic heterocycles. The van der Waals surface area contributed by atoms with Crippen molar-refractivity contribution in [3.05, 3.63) is 140 Å². The molecule has 2 aliphatic heterocycles. The van der Waals surface area contributed by atoms with Crippen LogP contribution >= 0.6 is 70.6 Å². The number of thioether (sulfide) groups is 2. The molecule has 266 valence electrons. The van der Waals surface area contributed by atoms with E-state index in [1.807, 2.05) is 35.0 Å². The Morgan fingerprint density at radius 1 is 0.574 bits per heavy atom. The lowest BCUT2D eigenvalue weighted by molar-refractivity contribution is -0.114. The van der Waals surface area contributed by atoms with E-state index in [1.165, 1.54) is 67.1 Å². The number of hydrogen-bond acceptors (Lipinski definition) is 12. The van der Waals surface area contributed by atoms with E-state index in [0.717, 1.165) is 35.4 Å². The summed E-state index contributed by atoms with van der Waals surface area (Å²) < 4.78 is 0.803. The van der Waals surface area contributed by atoms with Gasteiger partial charge >= 0.3 is 0 Å². The van der Waals surface area contributed by atoms with Crippen molar-refractivity contribution in [3.8, 4) is 34.0 Å². The Morgan fingerprint density at radius 3 is 1.35 bits per heavy atom. The average molecular weight is 819 g/mol. The Kier molecular flexibility index (Phi) is 10.3. The van der Waals surface area contributed by atoms with Crippen LogP contribution in [0.4, 0.5) is 10.3 Å². The number of anilines is 2. The maximum atomic E-state index is 13.2. The second-order valence-electron chi connectivity index (χ2n) is 12.1. The highest BCUT2D eigenvalue weighted by Crippen LogP contribution is 2.41. The Bertz CT molecular complexity index is 2350. The zero-order valence-electron chi connectivity index (χ0n) is 27.9. The van der Waals surface area contributed by atoms with Gasteiger partial charge in [-0.2, -0.15) is 0 Å². The molecule has 8 rings (SSSR count). The molecule has 54 heavy (non-hydrogen) atoms. The smallest absolute Gasteiger partial charge is 0.272 e. The number of aromatic nitrogens is 2. The summed E-state index contributed by atoms with van der Waals surface area (Å²) in [5, 5.41) is 25.1. The number of thiazole rings is 2. The Hall–Kier alpha value is -4.96. The molecule has 2 N–H and O–H groups in total. The quantitative estimate of drug-likeness (QED) is 0.108. The predicted octanol–water partition coefficient (Wildman–Crippen LogP) is 9.94. The summed E-state index contributed by atoms with van der Waals surface area (Å²) in [6.07, 6.45) is 5.01. The number of benzene rings is 4. The summed E-state index contributed by atoms with van der Waals surface area (Å²) in [7, 11) is 0. The molecule has 0 atom stereocenters. The van der Waals surface area contributed by atoms with E-state index >= 15 is 0 Å². The first-order chi connectivity index (χ1) is 26.2.